The molecular formula is C46H59NO14. The zero-order valence-corrected chi connectivity index (χ0v) is 36.2. The maximum Gasteiger partial charge on any atom is 0.408 e. The van der Waals surface area contributed by atoms with Crippen molar-refractivity contribution >= 4 is 24.0 Å². The molecule has 0 aromatic heterocycles. The van der Waals surface area contributed by atoms with E-state index in [9.17, 15) is 34.5 Å². The number of aliphatic hydroxyl groups excluding tert-OH is 2. The molecule has 15 heteroatoms. The zero-order valence-electron chi connectivity index (χ0n) is 36.2. The van der Waals surface area contributed by atoms with E-state index in [0.29, 0.717) is 23.1 Å². The maximum absolute atomic E-state index is 14.4. The highest BCUT2D eigenvalue weighted by atomic mass is 16.7. The summed E-state index contributed by atoms with van der Waals surface area (Å²) >= 11 is 0. The lowest BCUT2D eigenvalue weighted by atomic mass is 9.44. The molecule has 0 spiro atoms. The second-order valence-electron chi connectivity index (χ2n) is 18.8. The lowest BCUT2D eigenvalue weighted by Gasteiger charge is -2.68. The highest BCUT2D eigenvalue weighted by molar-refractivity contribution is 5.89. The molecule has 4 fully saturated rings. The van der Waals surface area contributed by atoms with Crippen molar-refractivity contribution < 1.29 is 67.7 Å². The van der Waals surface area contributed by atoms with Gasteiger partial charge in [0.05, 0.1) is 36.3 Å². The summed E-state index contributed by atoms with van der Waals surface area (Å²) in [6, 6.07) is 15.3. The highest BCUT2D eigenvalue weighted by Crippen LogP contribution is 2.66. The van der Waals surface area contributed by atoms with Crippen LogP contribution in [-0.4, -0.2) is 112 Å². The fourth-order valence-electron chi connectivity index (χ4n) is 10.6. The Hall–Kier alpha value is -4.38. The van der Waals surface area contributed by atoms with Gasteiger partial charge in [-0.3, -0.25) is 4.79 Å². The first-order chi connectivity index (χ1) is 28.6. The summed E-state index contributed by atoms with van der Waals surface area (Å²) in [5, 5.41) is 40.5. The van der Waals surface area contributed by atoms with Crippen LogP contribution < -0.4 is 5.32 Å². The molecule has 0 radical (unpaired) electrons. The molecule has 5 aliphatic rings. The molecule has 4 N–H and O–H groups in total. The van der Waals surface area contributed by atoms with Crippen LogP contribution in [0.25, 0.3) is 0 Å². The van der Waals surface area contributed by atoms with E-state index in [4.69, 9.17) is 33.2 Å². The van der Waals surface area contributed by atoms with Gasteiger partial charge in [-0.05, 0) is 63.0 Å². The van der Waals surface area contributed by atoms with Crippen molar-refractivity contribution in [3.63, 3.8) is 0 Å². The van der Waals surface area contributed by atoms with Crippen LogP contribution in [0.4, 0.5) is 4.79 Å². The fraction of sp³-hybridized carbons (Fsp3) is 0.609. The summed E-state index contributed by atoms with van der Waals surface area (Å²) in [6.45, 7) is 15.2. The second-order valence-corrected chi connectivity index (χ2v) is 18.8. The molecule has 332 valence electrons. The molecule has 13 atom stereocenters. The minimum absolute atomic E-state index is 0.0426. The molecule has 15 nitrogen and oxygen atoms in total. The number of rotatable bonds is 9. The molecule has 2 aromatic rings. The summed E-state index contributed by atoms with van der Waals surface area (Å²) in [6.07, 6.45) is -10.4. The van der Waals surface area contributed by atoms with Gasteiger partial charge in [-0.15, -0.1) is 0 Å². The molecule has 2 aromatic carbocycles. The predicted molar refractivity (Wildman–Crippen MR) is 216 cm³/mol. The summed E-state index contributed by atoms with van der Waals surface area (Å²) < 4.78 is 44.0. The normalized spacial score (nSPS) is 35.9. The molecule has 7 rings (SSSR count). The number of nitrogens with one attached hydrogen (secondary N) is 1. The van der Waals surface area contributed by atoms with E-state index in [-0.39, 0.29) is 25.0 Å². The third-order valence-electron chi connectivity index (χ3n) is 13.7. The van der Waals surface area contributed by atoms with Crippen LogP contribution in [0, 0.1) is 16.7 Å². The van der Waals surface area contributed by atoms with E-state index in [1.54, 1.807) is 109 Å². The molecule has 2 heterocycles. The number of alkyl carbamates (subject to hydrolysis) is 1. The van der Waals surface area contributed by atoms with Gasteiger partial charge in [0.15, 0.2) is 18.0 Å². The first-order valence-electron chi connectivity index (χ1n) is 21.0. The zero-order chi connectivity index (χ0) is 44.4. The Kier molecular flexibility index (Phi) is 11.8. The number of hydrogen-bond donors (Lipinski definition) is 4. The topological polar surface area (TPSA) is 206 Å². The molecule has 2 saturated heterocycles. The van der Waals surface area contributed by atoms with Crippen molar-refractivity contribution in [2.45, 2.75) is 153 Å². The SMILES string of the molecule is CCC1O[C@@H]2C3=C(C)[C@@H](OC(=O)[C@H](O)[C@@H](NC(=O)OC(C)(C)C)c4ccccc4)C[C@@](O)([C@@H](OC(=O)c4ccccc4)[C@@H]4[C@]5(OC(C)=O)CO[C@@H]5C[C@H](O)[C@@]4(C)[C@@H]2O1)C3(C)C. The third-order valence-corrected chi connectivity index (χ3v) is 13.7. The van der Waals surface area contributed by atoms with Crippen molar-refractivity contribution in [1.82, 2.24) is 5.32 Å². The Morgan fingerprint density at radius 3 is 2.18 bits per heavy atom. The van der Waals surface area contributed by atoms with Gasteiger partial charge in [0.25, 0.3) is 0 Å². The maximum atomic E-state index is 14.4. The van der Waals surface area contributed by atoms with E-state index >= 15 is 0 Å². The average Bonchev–Trinajstić information content (AvgIpc) is 3.62. The van der Waals surface area contributed by atoms with Crippen LogP contribution in [0.3, 0.4) is 0 Å². The van der Waals surface area contributed by atoms with Crippen LogP contribution in [0.2, 0.25) is 0 Å². The highest BCUT2D eigenvalue weighted by Gasteiger charge is 2.79. The second kappa shape index (κ2) is 16.1. The molecular weight excluding hydrogens is 790 g/mol. The van der Waals surface area contributed by atoms with Crippen LogP contribution in [-0.2, 0) is 42.7 Å². The van der Waals surface area contributed by atoms with Gasteiger partial charge in [0, 0.05) is 30.6 Å². The van der Waals surface area contributed by atoms with Crippen molar-refractivity contribution in [3.05, 3.63) is 82.9 Å². The molecule has 2 saturated carbocycles. The molecule has 2 aliphatic heterocycles. The van der Waals surface area contributed by atoms with E-state index in [0.717, 1.165) is 0 Å². The fourth-order valence-corrected chi connectivity index (χ4v) is 10.6. The monoisotopic (exact) mass is 849 g/mol. The number of benzene rings is 2. The summed E-state index contributed by atoms with van der Waals surface area (Å²) in [7, 11) is 0. The van der Waals surface area contributed by atoms with Gasteiger partial charge in [-0.1, -0.05) is 76.2 Å². The van der Waals surface area contributed by atoms with Crippen molar-refractivity contribution in [1.29, 1.82) is 0 Å². The lowest BCUT2D eigenvalue weighted by Crippen LogP contribution is -2.82. The van der Waals surface area contributed by atoms with Crippen LogP contribution in [0.15, 0.2) is 71.8 Å². The van der Waals surface area contributed by atoms with Crippen molar-refractivity contribution in [3.8, 4) is 0 Å². The first-order valence-corrected chi connectivity index (χ1v) is 21.0. The largest absolute Gasteiger partial charge is 0.456 e. The number of carbonyl (C=O) groups excluding carboxylic acids is 4. The van der Waals surface area contributed by atoms with Gasteiger partial charge < -0.3 is 53.8 Å². The Balaban J connectivity index is 1.38. The predicted octanol–water partition coefficient (Wildman–Crippen LogP) is 4.85. The number of amides is 1. The number of fused-ring (bicyclic) bond motifs is 8. The quantitative estimate of drug-likeness (QED) is 0.151. The Morgan fingerprint density at radius 1 is 0.967 bits per heavy atom. The van der Waals surface area contributed by atoms with E-state index in [1.807, 2.05) is 6.92 Å². The molecule has 1 unspecified atom stereocenters. The molecule has 3 aliphatic carbocycles. The lowest BCUT2D eigenvalue weighted by molar-refractivity contribution is -0.362. The Morgan fingerprint density at radius 2 is 1.61 bits per heavy atom. The number of aliphatic hydroxyl groups is 3. The smallest absolute Gasteiger partial charge is 0.408 e. The van der Waals surface area contributed by atoms with Crippen LogP contribution in [0.5, 0.6) is 0 Å². The first kappa shape index (κ1) is 44.7. The number of carbonyl (C=O) groups is 4. The molecule has 1 amide bonds. The Bertz CT molecular complexity index is 2030. The standard InChI is InChI=1S/C46H59NO14/c1-10-31-57-35-32-24(2)28(56-40(52)34(50)33(26-17-13-11-14-18-26)47-41(53)61-42(4,5)6)22-46(54,43(32,7)8)38(59-39(51)27-19-15-12-16-20-27)36-44(9,37(35)58-31)29(49)21-30-45(36,23-55-30)60-25(3)48/h11-20,28-31,33-38,49-50,54H,10,21-23H2,1-9H3,(H,47,53)/t28-,29-,30+,31?,33-,34+,35+,36-,37+,38-,44+,45-,46+/m0/s1. The third kappa shape index (κ3) is 7.54. The van der Waals surface area contributed by atoms with Crippen LogP contribution in [0.1, 0.15) is 104 Å². The molecule has 2 bridgehead atoms. The van der Waals surface area contributed by atoms with Gasteiger partial charge in [-0.25, -0.2) is 14.4 Å². The van der Waals surface area contributed by atoms with Crippen LogP contribution >= 0.6 is 0 Å². The molecule has 61 heavy (non-hydrogen) atoms. The minimum Gasteiger partial charge on any atom is -0.456 e. The van der Waals surface area contributed by atoms with E-state index in [1.165, 1.54) is 6.92 Å². The number of esters is 3. The summed E-state index contributed by atoms with van der Waals surface area (Å²) in [5.74, 6) is -3.75. The van der Waals surface area contributed by atoms with Gasteiger partial charge in [0.2, 0.25) is 0 Å². The minimum atomic E-state index is -2.16. The summed E-state index contributed by atoms with van der Waals surface area (Å²) in [4.78, 5) is 54.9. The number of hydrogen-bond acceptors (Lipinski definition) is 14. The van der Waals surface area contributed by atoms with Gasteiger partial charge >= 0.3 is 24.0 Å². The van der Waals surface area contributed by atoms with Gasteiger partial charge in [-0.2, -0.15) is 0 Å². The number of ether oxygens (including phenoxy) is 7. The summed E-state index contributed by atoms with van der Waals surface area (Å²) in [5.41, 5.74) is -5.78. The van der Waals surface area contributed by atoms with E-state index in [2.05, 4.69) is 5.32 Å². The van der Waals surface area contributed by atoms with E-state index < -0.39 is 113 Å². The van der Waals surface area contributed by atoms with Crippen molar-refractivity contribution in [2.24, 2.45) is 16.7 Å². The van der Waals surface area contributed by atoms with Gasteiger partial charge in [0.1, 0.15) is 35.6 Å². The Labute approximate surface area is 356 Å². The van der Waals surface area contributed by atoms with Crippen molar-refractivity contribution in [2.75, 3.05) is 6.61 Å². The average molecular weight is 850 g/mol.